The number of nitrogens with one attached hydrogen (secondary N) is 2. The van der Waals surface area contributed by atoms with Gasteiger partial charge in [0.25, 0.3) is 5.91 Å². The van der Waals surface area contributed by atoms with Gasteiger partial charge in [0, 0.05) is 31.9 Å². The molecule has 2 amide bonds. The van der Waals surface area contributed by atoms with Gasteiger partial charge in [-0.2, -0.15) is 5.10 Å². The third-order valence-electron chi connectivity index (χ3n) is 5.10. The quantitative estimate of drug-likeness (QED) is 0.548. The minimum absolute atomic E-state index is 0.213. The van der Waals surface area contributed by atoms with Crippen molar-refractivity contribution in [3.8, 4) is 0 Å². The molecule has 11 heteroatoms. The molecule has 0 radical (unpaired) electrons. The van der Waals surface area contributed by atoms with E-state index in [2.05, 4.69) is 25.5 Å². The number of carbonyl (C=O) groups is 3. The highest BCUT2D eigenvalue weighted by Crippen LogP contribution is 2.25. The molecule has 4 rings (SSSR count). The lowest BCUT2D eigenvalue weighted by atomic mass is 10.1. The van der Waals surface area contributed by atoms with Gasteiger partial charge in [0.1, 0.15) is 11.9 Å². The van der Waals surface area contributed by atoms with Crippen molar-refractivity contribution >= 4 is 34.6 Å². The fourth-order valence-corrected chi connectivity index (χ4v) is 3.57. The van der Waals surface area contributed by atoms with E-state index in [1.165, 1.54) is 9.80 Å². The topological polar surface area (TPSA) is 144 Å². The minimum Gasteiger partial charge on any atom is -0.481 e. The first kappa shape index (κ1) is 20.3. The van der Waals surface area contributed by atoms with Crippen molar-refractivity contribution in [3.05, 3.63) is 47.4 Å². The minimum atomic E-state index is -1.06. The third kappa shape index (κ3) is 4.15. The molecule has 160 valence electrons. The Morgan fingerprint density at radius 2 is 2.13 bits per heavy atom. The van der Waals surface area contributed by atoms with Crippen molar-refractivity contribution in [3.63, 3.8) is 0 Å². The molecule has 0 bridgehead atoms. The zero-order valence-electron chi connectivity index (χ0n) is 17.0. The first-order valence-electron chi connectivity index (χ1n) is 9.60. The summed E-state index contributed by atoms with van der Waals surface area (Å²) < 4.78 is 0. The first-order valence-corrected chi connectivity index (χ1v) is 9.60. The molecule has 0 spiro atoms. The number of benzene rings is 1. The summed E-state index contributed by atoms with van der Waals surface area (Å²) in [6, 6.07) is 5.98. The van der Waals surface area contributed by atoms with Gasteiger partial charge >= 0.3 is 5.97 Å². The molecule has 3 heterocycles. The molecular weight excluding hydrogens is 402 g/mol. The van der Waals surface area contributed by atoms with Crippen LogP contribution in [0, 0.1) is 0 Å². The van der Waals surface area contributed by atoms with Crippen molar-refractivity contribution in [1.29, 1.82) is 0 Å². The predicted molar refractivity (Wildman–Crippen MR) is 110 cm³/mol. The van der Waals surface area contributed by atoms with E-state index in [4.69, 9.17) is 5.11 Å². The van der Waals surface area contributed by atoms with E-state index in [1.54, 1.807) is 44.6 Å². The molecule has 0 unspecified atom stereocenters. The molecule has 0 saturated heterocycles. The van der Waals surface area contributed by atoms with Crippen LogP contribution in [-0.4, -0.2) is 73.0 Å². The highest BCUT2D eigenvalue weighted by atomic mass is 16.4. The van der Waals surface area contributed by atoms with Crippen molar-refractivity contribution in [2.45, 2.75) is 25.6 Å². The van der Waals surface area contributed by atoms with Crippen LogP contribution in [0.3, 0.4) is 0 Å². The fourth-order valence-electron chi connectivity index (χ4n) is 3.57. The number of H-pyrrole nitrogens is 1. The molecule has 1 aliphatic rings. The second-order valence-electron chi connectivity index (χ2n) is 7.47. The van der Waals surface area contributed by atoms with E-state index >= 15 is 0 Å². The Hall–Kier alpha value is -4.02. The van der Waals surface area contributed by atoms with Crippen LogP contribution in [0.2, 0.25) is 0 Å². The maximum Gasteiger partial charge on any atom is 0.305 e. The highest BCUT2D eigenvalue weighted by Gasteiger charge is 2.29. The monoisotopic (exact) mass is 423 g/mol. The van der Waals surface area contributed by atoms with E-state index in [0.29, 0.717) is 22.7 Å². The summed E-state index contributed by atoms with van der Waals surface area (Å²) in [5.74, 6) is -0.997. The molecule has 1 atom stereocenters. The molecule has 31 heavy (non-hydrogen) atoms. The van der Waals surface area contributed by atoms with Gasteiger partial charge in [0.05, 0.1) is 24.7 Å². The molecule has 0 saturated carbocycles. The Balaban J connectivity index is 1.53. The standard InChI is InChI=1S/C20H21N7O4/c1-26-9-12-7-11(3-4-13(12)22-15(20(26)31)8-17(28)29)19(30)27(2)10-16-23-14-5-6-21-25-18(14)24-16/h3-7,15,22H,8-10H2,1-2H3,(H,28,29)(H,23,24,25)/t15-/m0/s1. The second-order valence-corrected chi connectivity index (χ2v) is 7.47. The number of aliphatic carboxylic acids is 1. The number of carboxylic acids is 1. The number of imidazole rings is 1. The van der Waals surface area contributed by atoms with Crippen LogP contribution in [0.5, 0.6) is 0 Å². The molecule has 0 aliphatic carbocycles. The number of aromatic nitrogens is 4. The number of anilines is 1. The zero-order valence-corrected chi connectivity index (χ0v) is 17.0. The number of carboxylic acid groups (broad SMARTS) is 1. The first-order chi connectivity index (χ1) is 14.8. The Morgan fingerprint density at radius 1 is 1.32 bits per heavy atom. The Labute approximate surface area is 177 Å². The number of likely N-dealkylation sites (N-methyl/N-ethyl adjacent to an activating group) is 1. The fraction of sp³-hybridized carbons (Fsp3) is 0.300. The van der Waals surface area contributed by atoms with Gasteiger partial charge in [-0.05, 0) is 29.8 Å². The molecule has 11 nitrogen and oxygen atoms in total. The van der Waals surface area contributed by atoms with Crippen molar-refractivity contribution in [1.82, 2.24) is 30.0 Å². The van der Waals surface area contributed by atoms with Gasteiger partial charge in [-0.15, -0.1) is 5.10 Å². The van der Waals surface area contributed by atoms with E-state index in [9.17, 15) is 14.4 Å². The predicted octanol–water partition coefficient (Wildman–Crippen LogP) is 0.852. The molecule has 0 fully saturated rings. The Kier molecular flexibility index (Phi) is 5.24. The van der Waals surface area contributed by atoms with E-state index < -0.39 is 12.0 Å². The van der Waals surface area contributed by atoms with Crippen LogP contribution in [-0.2, 0) is 22.7 Å². The average molecular weight is 423 g/mol. The van der Waals surface area contributed by atoms with E-state index in [-0.39, 0.29) is 31.3 Å². The number of aromatic amines is 1. The van der Waals surface area contributed by atoms with Crippen molar-refractivity contribution in [2.24, 2.45) is 0 Å². The van der Waals surface area contributed by atoms with Gasteiger partial charge in [0.2, 0.25) is 5.91 Å². The summed E-state index contributed by atoms with van der Waals surface area (Å²) in [4.78, 5) is 47.0. The summed E-state index contributed by atoms with van der Waals surface area (Å²) in [5, 5.41) is 19.8. The van der Waals surface area contributed by atoms with E-state index in [1.807, 2.05) is 0 Å². The van der Waals surface area contributed by atoms with Gasteiger partial charge in [-0.1, -0.05) is 0 Å². The lowest BCUT2D eigenvalue weighted by Gasteiger charge is -2.19. The maximum atomic E-state index is 13.0. The van der Waals surface area contributed by atoms with Crippen molar-refractivity contribution < 1.29 is 19.5 Å². The van der Waals surface area contributed by atoms with Crippen molar-refractivity contribution in [2.75, 3.05) is 19.4 Å². The smallest absolute Gasteiger partial charge is 0.305 e. The van der Waals surface area contributed by atoms with E-state index in [0.717, 1.165) is 11.1 Å². The number of fused-ring (bicyclic) bond motifs is 2. The molecule has 2 aromatic heterocycles. The number of hydrogen-bond acceptors (Lipinski definition) is 7. The Bertz CT molecular complexity index is 1140. The molecular formula is C20H21N7O4. The zero-order chi connectivity index (χ0) is 22.1. The summed E-state index contributed by atoms with van der Waals surface area (Å²) in [6.07, 6.45) is 1.24. The summed E-state index contributed by atoms with van der Waals surface area (Å²) in [5.41, 5.74) is 3.06. The summed E-state index contributed by atoms with van der Waals surface area (Å²) >= 11 is 0. The summed E-state index contributed by atoms with van der Waals surface area (Å²) in [6.45, 7) is 0.522. The van der Waals surface area contributed by atoms with Gasteiger partial charge in [-0.25, -0.2) is 4.98 Å². The SMILES string of the molecule is CN(Cc1nc2nnccc2[nH]1)C(=O)c1ccc2c(c1)CN(C)C(=O)[C@H](CC(=O)O)N2. The molecule has 1 aliphatic heterocycles. The van der Waals surface area contributed by atoms with Crippen LogP contribution in [0.15, 0.2) is 30.5 Å². The molecule has 3 N–H and O–H groups in total. The third-order valence-corrected chi connectivity index (χ3v) is 5.10. The maximum absolute atomic E-state index is 13.0. The van der Waals surface area contributed by atoms with Gasteiger partial charge in [0.15, 0.2) is 5.65 Å². The molecule has 1 aromatic carbocycles. The number of hydrogen-bond donors (Lipinski definition) is 3. The lowest BCUT2D eigenvalue weighted by molar-refractivity contribution is -0.141. The highest BCUT2D eigenvalue weighted by molar-refractivity contribution is 5.95. The largest absolute Gasteiger partial charge is 0.481 e. The lowest BCUT2D eigenvalue weighted by Crippen LogP contribution is -2.39. The van der Waals surface area contributed by atoms with Gasteiger partial charge < -0.3 is 25.2 Å². The van der Waals surface area contributed by atoms with Crippen LogP contribution < -0.4 is 5.32 Å². The van der Waals surface area contributed by atoms with Crippen LogP contribution in [0.1, 0.15) is 28.2 Å². The number of carbonyl (C=O) groups excluding carboxylic acids is 2. The van der Waals surface area contributed by atoms with Crippen LogP contribution in [0.4, 0.5) is 5.69 Å². The number of nitrogens with zero attached hydrogens (tertiary/aromatic N) is 5. The normalized spacial score (nSPS) is 15.9. The summed E-state index contributed by atoms with van der Waals surface area (Å²) in [7, 11) is 3.28. The second kappa shape index (κ2) is 8.01. The average Bonchev–Trinajstić information content (AvgIpc) is 3.10. The van der Waals surface area contributed by atoms with Crippen LogP contribution >= 0.6 is 0 Å². The van der Waals surface area contributed by atoms with Gasteiger partial charge in [-0.3, -0.25) is 14.4 Å². The molecule has 3 aromatic rings. The number of amides is 2. The van der Waals surface area contributed by atoms with Crippen LogP contribution in [0.25, 0.3) is 11.2 Å². The Morgan fingerprint density at radius 3 is 2.87 bits per heavy atom. The number of rotatable bonds is 5.